The van der Waals surface area contributed by atoms with Gasteiger partial charge in [-0.3, -0.25) is 4.79 Å². The quantitative estimate of drug-likeness (QED) is 0.641. The summed E-state index contributed by atoms with van der Waals surface area (Å²) in [5.74, 6) is 1.76. The molecule has 0 radical (unpaired) electrons. The molecule has 4 nitrogen and oxygen atoms in total. The van der Waals surface area contributed by atoms with Crippen LogP contribution in [0.1, 0.15) is 43.9 Å². The standard InChI is InChI=1S/C23H31NO3/c1-4-19-16-20(22(27-6-3)17-21(19)26-5-2)12-13-23(25)24-15-14-18-10-8-7-9-11-18/h7-11,16-17H,4-6,12-15H2,1-3H3,(H,24,25). The van der Waals surface area contributed by atoms with Gasteiger partial charge in [-0.25, -0.2) is 0 Å². The minimum absolute atomic E-state index is 0.0697. The molecule has 0 fully saturated rings. The maximum absolute atomic E-state index is 12.2. The van der Waals surface area contributed by atoms with Crippen LogP contribution in [0.4, 0.5) is 0 Å². The Kier molecular flexibility index (Phi) is 8.69. The first-order valence-corrected chi connectivity index (χ1v) is 9.89. The molecule has 0 bridgehead atoms. The summed E-state index contributed by atoms with van der Waals surface area (Å²) in [5.41, 5.74) is 3.45. The van der Waals surface area contributed by atoms with Crippen molar-refractivity contribution in [3.8, 4) is 11.5 Å². The molecular formula is C23H31NO3. The van der Waals surface area contributed by atoms with E-state index in [1.165, 1.54) is 5.56 Å². The molecule has 4 heteroatoms. The predicted octanol–water partition coefficient (Wildman–Crippen LogP) is 4.34. The maximum Gasteiger partial charge on any atom is 0.220 e. The largest absolute Gasteiger partial charge is 0.493 e. The fourth-order valence-electron chi connectivity index (χ4n) is 3.04. The van der Waals surface area contributed by atoms with Gasteiger partial charge in [0.1, 0.15) is 11.5 Å². The molecule has 0 atom stereocenters. The van der Waals surface area contributed by atoms with E-state index in [0.29, 0.717) is 32.6 Å². The average Bonchev–Trinajstić information content (AvgIpc) is 2.68. The molecule has 0 aliphatic rings. The molecule has 0 heterocycles. The van der Waals surface area contributed by atoms with Crippen LogP contribution in [0.5, 0.6) is 11.5 Å². The number of amides is 1. The number of benzene rings is 2. The van der Waals surface area contributed by atoms with E-state index < -0.39 is 0 Å². The van der Waals surface area contributed by atoms with Crippen LogP contribution in [0.25, 0.3) is 0 Å². The SMILES string of the molecule is CCOc1cc(OCC)c(CCC(=O)NCCc2ccccc2)cc1CC. The molecule has 0 spiro atoms. The van der Waals surface area contributed by atoms with Gasteiger partial charge in [0.2, 0.25) is 5.91 Å². The van der Waals surface area contributed by atoms with Crippen LogP contribution >= 0.6 is 0 Å². The van der Waals surface area contributed by atoms with Crippen molar-refractivity contribution in [3.63, 3.8) is 0 Å². The lowest BCUT2D eigenvalue weighted by Gasteiger charge is -2.16. The summed E-state index contributed by atoms with van der Waals surface area (Å²) in [6, 6.07) is 14.3. The van der Waals surface area contributed by atoms with Crippen molar-refractivity contribution in [1.82, 2.24) is 5.32 Å². The summed E-state index contributed by atoms with van der Waals surface area (Å²) < 4.78 is 11.5. The molecule has 27 heavy (non-hydrogen) atoms. The second kappa shape index (κ2) is 11.3. The van der Waals surface area contributed by atoms with Crippen LogP contribution in [0.2, 0.25) is 0 Å². The van der Waals surface area contributed by atoms with Crippen molar-refractivity contribution in [2.75, 3.05) is 19.8 Å². The summed E-state index contributed by atoms with van der Waals surface area (Å²) >= 11 is 0. The molecule has 0 saturated carbocycles. The van der Waals surface area contributed by atoms with Gasteiger partial charge < -0.3 is 14.8 Å². The fraction of sp³-hybridized carbons (Fsp3) is 0.435. The molecule has 2 aromatic rings. The number of carbonyl (C=O) groups is 1. The second-order valence-corrected chi connectivity index (χ2v) is 6.37. The van der Waals surface area contributed by atoms with Crippen LogP contribution in [0.3, 0.4) is 0 Å². The molecular weight excluding hydrogens is 338 g/mol. The molecule has 0 aliphatic carbocycles. The number of hydrogen-bond acceptors (Lipinski definition) is 3. The summed E-state index contributed by atoms with van der Waals surface area (Å²) in [6.07, 6.45) is 2.84. The van der Waals surface area contributed by atoms with Crippen molar-refractivity contribution in [2.45, 2.75) is 46.5 Å². The van der Waals surface area contributed by atoms with Gasteiger partial charge in [0.05, 0.1) is 13.2 Å². The third-order valence-corrected chi connectivity index (χ3v) is 4.42. The maximum atomic E-state index is 12.2. The molecule has 0 saturated heterocycles. The monoisotopic (exact) mass is 369 g/mol. The highest BCUT2D eigenvalue weighted by Gasteiger charge is 2.12. The van der Waals surface area contributed by atoms with Gasteiger partial charge in [0.15, 0.2) is 0 Å². The van der Waals surface area contributed by atoms with E-state index in [1.807, 2.05) is 38.1 Å². The Balaban J connectivity index is 1.93. The van der Waals surface area contributed by atoms with E-state index >= 15 is 0 Å². The van der Waals surface area contributed by atoms with E-state index in [4.69, 9.17) is 9.47 Å². The van der Waals surface area contributed by atoms with Gasteiger partial charge >= 0.3 is 0 Å². The topological polar surface area (TPSA) is 47.6 Å². The third kappa shape index (κ3) is 6.63. The molecule has 2 aromatic carbocycles. The molecule has 1 amide bonds. The minimum Gasteiger partial charge on any atom is -0.493 e. The van der Waals surface area contributed by atoms with Gasteiger partial charge in [-0.05, 0) is 55.9 Å². The normalized spacial score (nSPS) is 10.5. The van der Waals surface area contributed by atoms with Gasteiger partial charge in [-0.1, -0.05) is 37.3 Å². The van der Waals surface area contributed by atoms with Crippen LogP contribution < -0.4 is 14.8 Å². The van der Waals surface area contributed by atoms with E-state index in [0.717, 1.165) is 35.5 Å². The summed E-state index contributed by atoms with van der Waals surface area (Å²) in [4.78, 5) is 12.2. The number of hydrogen-bond donors (Lipinski definition) is 1. The Hall–Kier alpha value is -2.49. The lowest BCUT2D eigenvalue weighted by atomic mass is 10.0. The molecule has 1 N–H and O–H groups in total. The van der Waals surface area contributed by atoms with Crippen LogP contribution in [0, 0.1) is 0 Å². The Bertz CT molecular complexity index is 713. The van der Waals surface area contributed by atoms with E-state index in [9.17, 15) is 4.79 Å². The van der Waals surface area contributed by atoms with E-state index in [2.05, 4.69) is 30.4 Å². The smallest absolute Gasteiger partial charge is 0.220 e. The van der Waals surface area contributed by atoms with Gasteiger partial charge in [-0.2, -0.15) is 0 Å². The highest BCUT2D eigenvalue weighted by atomic mass is 16.5. The minimum atomic E-state index is 0.0697. The van der Waals surface area contributed by atoms with E-state index in [-0.39, 0.29) is 5.91 Å². The molecule has 146 valence electrons. The van der Waals surface area contributed by atoms with Gasteiger partial charge in [-0.15, -0.1) is 0 Å². The van der Waals surface area contributed by atoms with Crippen LogP contribution in [-0.2, 0) is 24.1 Å². The molecule has 0 unspecified atom stereocenters. The van der Waals surface area contributed by atoms with Gasteiger partial charge in [0, 0.05) is 19.0 Å². The number of ether oxygens (including phenoxy) is 2. The Morgan fingerprint density at radius 1 is 0.889 bits per heavy atom. The van der Waals surface area contributed by atoms with Crippen LogP contribution in [-0.4, -0.2) is 25.7 Å². The summed E-state index contributed by atoms with van der Waals surface area (Å²) in [7, 11) is 0. The zero-order chi connectivity index (χ0) is 19.5. The highest BCUT2D eigenvalue weighted by Crippen LogP contribution is 2.31. The third-order valence-electron chi connectivity index (χ3n) is 4.42. The Morgan fingerprint density at radius 2 is 1.56 bits per heavy atom. The van der Waals surface area contributed by atoms with Crippen molar-refractivity contribution in [3.05, 3.63) is 59.2 Å². The number of rotatable bonds is 11. The lowest BCUT2D eigenvalue weighted by Crippen LogP contribution is -2.25. The molecule has 0 aromatic heterocycles. The predicted molar refractivity (Wildman–Crippen MR) is 110 cm³/mol. The number of aryl methyl sites for hydroxylation is 2. The van der Waals surface area contributed by atoms with Gasteiger partial charge in [0.25, 0.3) is 0 Å². The first kappa shape index (κ1) is 20.8. The first-order chi connectivity index (χ1) is 13.2. The Labute approximate surface area is 162 Å². The fourth-order valence-corrected chi connectivity index (χ4v) is 3.04. The van der Waals surface area contributed by atoms with Crippen molar-refractivity contribution < 1.29 is 14.3 Å². The zero-order valence-electron chi connectivity index (χ0n) is 16.7. The van der Waals surface area contributed by atoms with Crippen molar-refractivity contribution in [1.29, 1.82) is 0 Å². The molecule has 2 rings (SSSR count). The number of carbonyl (C=O) groups excluding carboxylic acids is 1. The van der Waals surface area contributed by atoms with Crippen molar-refractivity contribution >= 4 is 5.91 Å². The number of nitrogens with one attached hydrogen (secondary N) is 1. The Morgan fingerprint density at radius 3 is 2.19 bits per heavy atom. The first-order valence-electron chi connectivity index (χ1n) is 9.89. The zero-order valence-corrected chi connectivity index (χ0v) is 16.7. The summed E-state index contributed by atoms with van der Waals surface area (Å²) in [5, 5.41) is 3.01. The second-order valence-electron chi connectivity index (χ2n) is 6.37. The van der Waals surface area contributed by atoms with E-state index in [1.54, 1.807) is 0 Å². The summed E-state index contributed by atoms with van der Waals surface area (Å²) in [6.45, 7) is 7.93. The van der Waals surface area contributed by atoms with Crippen molar-refractivity contribution in [2.24, 2.45) is 0 Å². The average molecular weight is 370 g/mol. The highest BCUT2D eigenvalue weighted by molar-refractivity contribution is 5.76. The molecule has 0 aliphatic heterocycles. The van der Waals surface area contributed by atoms with Crippen LogP contribution in [0.15, 0.2) is 42.5 Å². The lowest BCUT2D eigenvalue weighted by molar-refractivity contribution is -0.121.